The van der Waals surface area contributed by atoms with Crippen molar-refractivity contribution >= 4 is 27.7 Å². The minimum atomic E-state index is -0.353. The van der Waals surface area contributed by atoms with Crippen molar-refractivity contribution in [3.8, 4) is 16.9 Å². The Hall–Kier alpha value is -4.18. The van der Waals surface area contributed by atoms with Crippen LogP contribution in [0.4, 0.5) is 0 Å². The molecule has 0 fully saturated rings. The minimum absolute atomic E-state index is 0.0943. The standard InChI is InChI=1S/C28H20O4/c1-16-8-10-24(29)21(12-16)26(30)19-14-20(18-6-4-3-5-7-18)28-23(15-19)27(31)22-13-17(2)9-11-25(22)32-28/h3-15,29H,1-2H3. The molecule has 0 amide bonds. The van der Waals surface area contributed by atoms with Crippen molar-refractivity contribution in [2.24, 2.45) is 0 Å². The molecule has 5 rings (SSSR count). The van der Waals surface area contributed by atoms with Crippen LogP contribution in [0.1, 0.15) is 27.0 Å². The molecule has 0 bridgehead atoms. The van der Waals surface area contributed by atoms with Crippen LogP contribution in [0.25, 0.3) is 33.1 Å². The molecule has 156 valence electrons. The van der Waals surface area contributed by atoms with Gasteiger partial charge in [0.1, 0.15) is 16.9 Å². The number of ketones is 1. The molecule has 0 atom stereocenters. The summed E-state index contributed by atoms with van der Waals surface area (Å²) in [6.45, 7) is 3.77. The van der Waals surface area contributed by atoms with E-state index >= 15 is 0 Å². The van der Waals surface area contributed by atoms with Crippen LogP contribution in [0.5, 0.6) is 5.75 Å². The summed E-state index contributed by atoms with van der Waals surface area (Å²) in [4.78, 5) is 26.8. The van der Waals surface area contributed by atoms with Crippen molar-refractivity contribution in [3.05, 3.63) is 111 Å². The topological polar surface area (TPSA) is 67.5 Å². The molecule has 0 spiro atoms. The third-order valence-corrected chi connectivity index (χ3v) is 5.67. The van der Waals surface area contributed by atoms with Crippen LogP contribution in [0.2, 0.25) is 0 Å². The Kier molecular flexibility index (Phi) is 4.63. The Morgan fingerprint density at radius 1 is 0.812 bits per heavy atom. The van der Waals surface area contributed by atoms with Gasteiger partial charge < -0.3 is 9.52 Å². The fourth-order valence-corrected chi connectivity index (χ4v) is 4.02. The first-order chi connectivity index (χ1) is 15.4. The Morgan fingerprint density at radius 3 is 2.31 bits per heavy atom. The lowest BCUT2D eigenvalue weighted by Crippen LogP contribution is -2.07. The normalized spacial score (nSPS) is 11.2. The Morgan fingerprint density at radius 2 is 1.53 bits per heavy atom. The van der Waals surface area contributed by atoms with Gasteiger partial charge in [-0.25, -0.2) is 0 Å². The van der Waals surface area contributed by atoms with Crippen LogP contribution in [-0.2, 0) is 0 Å². The monoisotopic (exact) mass is 420 g/mol. The number of phenolic OH excluding ortho intramolecular Hbond substituents is 1. The largest absolute Gasteiger partial charge is 0.507 e. The molecule has 4 heteroatoms. The summed E-state index contributed by atoms with van der Waals surface area (Å²) in [6, 6.07) is 23.2. The van der Waals surface area contributed by atoms with Crippen molar-refractivity contribution < 1.29 is 14.3 Å². The molecule has 0 saturated heterocycles. The third-order valence-electron chi connectivity index (χ3n) is 5.67. The first kappa shape index (κ1) is 19.8. The zero-order valence-corrected chi connectivity index (χ0v) is 17.7. The number of fused-ring (bicyclic) bond motifs is 2. The smallest absolute Gasteiger partial charge is 0.200 e. The average Bonchev–Trinajstić information content (AvgIpc) is 2.81. The molecule has 5 aromatic rings. The highest BCUT2D eigenvalue weighted by molar-refractivity contribution is 6.14. The molecular formula is C28H20O4. The van der Waals surface area contributed by atoms with Crippen LogP contribution in [0, 0.1) is 13.8 Å². The van der Waals surface area contributed by atoms with Gasteiger partial charge in [0.2, 0.25) is 5.43 Å². The summed E-state index contributed by atoms with van der Waals surface area (Å²) < 4.78 is 6.19. The quantitative estimate of drug-likeness (QED) is 0.280. The summed E-state index contributed by atoms with van der Waals surface area (Å²) in [7, 11) is 0. The maximum Gasteiger partial charge on any atom is 0.200 e. The molecule has 0 aliphatic rings. The van der Waals surface area contributed by atoms with E-state index in [-0.39, 0.29) is 22.5 Å². The molecule has 1 heterocycles. The molecule has 0 aliphatic heterocycles. The fourth-order valence-electron chi connectivity index (χ4n) is 4.02. The number of carbonyl (C=O) groups is 1. The SMILES string of the molecule is Cc1ccc(O)c(C(=O)c2cc(-c3ccccc3)c3oc4ccc(C)cc4c(=O)c3c2)c1. The number of phenols is 1. The number of aromatic hydroxyl groups is 1. The Labute approximate surface area is 184 Å². The molecular weight excluding hydrogens is 400 g/mol. The van der Waals surface area contributed by atoms with Crippen molar-refractivity contribution in [2.75, 3.05) is 0 Å². The highest BCUT2D eigenvalue weighted by Crippen LogP contribution is 2.33. The van der Waals surface area contributed by atoms with Gasteiger partial charge in [-0.05, 0) is 55.8 Å². The highest BCUT2D eigenvalue weighted by Gasteiger charge is 2.20. The molecule has 1 N–H and O–H groups in total. The van der Waals surface area contributed by atoms with Gasteiger partial charge in [0, 0.05) is 11.1 Å². The minimum Gasteiger partial charge on any atom is -0.507 e. The molecule has 0 saturated carbocycles. The maximum absolute atomic E-state index is 13.4. The van der Waals surface area contributed by atoms with Gasteiger partial charge in [-0.1, -0.05) is 53.6 Å². The summed E-state index contributed by atoms with van der Waals surface area (Å²) in [5.74, 6) is -0.447. The summed E-state index contributed by atoms with van der Waals surface area (Å²) >= 11 is 0. The molecule has 0 aliphatic carbocycles. The van der Waals surface area contributed by atoms with Crippen LogP contribution in [-0.4, -0.2) is 10.9 Å². The van der Waals surface area contributed by atoms with Crippen LogP contribution >= 0.6 is 0 Å². The average molecular weight is 420 g/mol. The first-order valence-electron chi connectivity index (χ1n) is 10.3. The number of rotatable bonds is 3. The number of hydrogen-bond donors (Lipinski definition) is 1. The number of benzene rings is 4. The predicted octanol–water partition coefficient (Wildman–Crippen LogP) is 6.17. The first-order valence-corrected chi connectivity index (χ1v) is 10.3. The second-order valence-corrected chi connectivity index (χ2v) is 8.05. The second kappa shape index (κ2) is 7.50. The predicted molar refractivity (Wildman–Crippen MR) is 126 cm³/mol. The van der Waals surface area contributed by atoms with Gasteiger partial charge in [0.15, 0.2) is 5.78 Å². The lowest BCUT2D eigenvalue weighted by atomic mass is 9.94. The van der Waals surface area contributed by atoms with E-state index in [0.717, 1.165) is 16.7 Å². The van der Waals surface area contributed by atoms with Gasteiger partial charge >= 0.3 is 0 Å². The molecule has 4 nitrogen and oxygen atoms in total. The lowest BCUT2D eigenvalue weighted by Gasteiger charge is -2.12. The zero-order chi connectivity index (χ0) is 22.4. The Balaban J connectivity index is 1.86. The number of carbonyl (C=O) groups excluding carboxylic acids is 1. The van der Waals surface area contributed by atoms with E-state index in [1.54, 1.807) is 36.4 Å². The van der Waals surface area contributed by atoms with E-state index in [2.05, 4.69) is 0 Å². The second-order valence-electron chi connectivity index (χ2n) is 8.05. The van der Waals surface area contributed by atoms with Gasteiger partial charge in [-0.2, -0.15) is 0 Å². The lowest BCUT2D eigenvalue weighted by molar-refractivity contribution is 0.103. The molecule has 32 heavy (non-hydrogen) atoms. The van der Waals surface area contributed by atoms with E-state index in [4.69, 9.17) is 4.42 Å². The van der Waals surface area contributed by atoms with Gasteiger partial charge in [-0.15, -0.1) is 0 Å². The number of hydrogen-bond acceptors (Lipinski definition) is 4. The molecule has 4 aromatic carbocycles. The Bertz CT molecular complexity index is 1580. The summed E-state index contributed by atoms with van der Waals surface area (Å²) in [6.07, 6.45) is 0. The molecule has 0 radical (unpaired) electrons. The van der Waals surface area contributed by atoms with E-state index < -0.39 is 0 Å². The van der Waals surface area contributed by atoms with Crippen LogP contribution in [0.3, 0.4) is 0 Å². The van der Waals surface area contributed by atoms with Gasteiger partial charge in [0.05, 0.1) is 16.3 Å². The van der Waals surface area contributed by atoms with E-state index in [9.17, 15) is 14.7 Å². The summed E-state index contributed by atoms with van der Waals surface area (Å²) in [5.41, 5.74) is 4.54. The van der Waals surface area contributed by atoms with Crippen molar-refractivity contribution in [1.29, 1.82) is 0 Å². The van der Waals surface area contributed by atoms with Crippen molar-refractivity contribution in [3.63, 3.8) is 0 Å². The van der Waals surface area contributed by atoms with E-state index in [1.165, 1.54) is 6.07 Å². The molecule has 1 aromatic heterocycles. The number of aryl methyl sites for hydroxylation is 2. The van der Waals surface area contributed by atoms with Gasteiger partial charge in [-0.3, -0.25) is 9.59 Å². The highest BCUT2D eigenvalue weighted by atomic mass is 16.3. The summed E-state index contributed by atoms with van der Waals surface area (Å²) in [5, 5.41) is 11.1. The van der Waals surface area contributed by atoms with Crippen molar-refractivity contribution in [2.45, 2.75) is 13.8 Å². The van der Waals surface area contributed by atoms with Gasteiger partial charge in [0.25, 0.3) is 0 Å². The van der Waals surface area contributed by atoms with E-state index in [1.807, 2.05) is 50.2 Å². The zero-order valence-electron chi connectivity index (χ0n) is 17.7. The fraction of sp³-hybridized carbons (Fsp3) is 0.0714. The molecule has 0 unspecified atom stereocenters. The third kappa shape index (κ3) is 3.26. The van der Waals surface area contributed by atoms with Crippen molar-refractivity contribution in [1.82, 2.24) is 0 Å². The van der Waals surface area contributed by atoms with E-state index in [0.29, 0.717) is 33.1 Å². The van der Waals surface area contributed by atoms with Crippen LogP contribution < -0.4 is 5.43 Å². The van der Waals surface area contributed by atoms with Crippen LogP contribution in [0.15, 0.2) is 88.1 Å². The maximum atomic E-state index is 13.4.